The fraction of sp³-hybridized carbons (Fsp3) is 1.00. The summed E-state index contributed by atoms with van der Waals surface area (Å²) >= 11 is 0. The number of rotatable bonds is 12. The van der Waals surface area contributed by atoms with Gasteiger partial charge in [-0.1, -0.05) is 86.0 Å². The average Bonchev–Trinajstić information content (AvgIpc) is 2.38. The third-order valence-electron chi connectivity index (χ3n) is 4.90. The third kappa shape index (κ3) is 8.43. The van der Waals surface area contributed by atoms with E-state index >= 15 is 0 Å². The molecule has 0 saturated heterocycles. The van der Waals surface area contributed by atoms with Crippen molar-refractivity contribution in [2.75, 3.05) is 0 Å². The minimum absolute atomic E-state index is 0.180. The van der Waals surface area contributed by atoms with Crippen LogP contribution in [0.2, 0.25) is 0 Å². The molecule has 0 saturated carbocycles. The first-order valence-electron chi connectivity index (χ1n) is 9.15. The summed E-state index contributed by atoms with van der Waals surface area (Å²) in [7, 11) is 0. The lowest BCUT2D eigenvalue weighted by atomic mass is 9.68. The molecule has 0 unspecified atom stereocenters. The van der Waals surface area contributed by atoms with Crippen LogP contribution in [0.3, 0.4) is 0 Å². The van der Waals surface area contributed by atoms with E-state index < -0.39 is 11.6 Å². The normalized spacial score (nSPS) is 13.6. The first-order chi connectivity index (χ1) is 10.1. The number of unbranched alkanes of at least 4 members (excludes halogenated alkanes) is 6. The monoisotopic (exact) mass is 322 g/mol. The summed E-state index contributed by atoms with van der Waals surface area (Å²) in [5.41, 5.74) is -1.77. The SMILES string of the molecule is CCCCCCC(C)(CCCCCC)CC(C)(C)C(F)(F)F. The Balaban J connectivity index is 4.68. The van der Waals surface area contributed by atoms with Crippen molar-refractivity contribution in [2.45, 2.75) is 111 Å². The highest BCUT2D eigenvalue weighted by atomic mass is 19.4. The Labute approximate surface area is 136 Å². The molecule has 3 heteroatoms. The maximum absolute atomic E-state index is 13.2. The zero-order chi connectivity index (χ0) is 17.3. The highest BCUT2D eigenvalue weighted by Crippen LogP contribution is 2.49. The molecule has 0 aromatic carbocycles. The van der Waals surface area contributed by atoms with Gasteiger partial charge < -0.3 is 0 Å². The van der Waals surface area contributed by atoms with Gasteiger partial charge in [0, 0.05) is 0 Å². The molecule has 0 aromatic heterocycles. The third-order valence-corrected chi connectivity index (χ3v) is 4.90. The first-order valence-corrected chi connectivity index (χ1v) is 9.15. The van der Waals surface area contributed by atoms with Crippen molar-refractivity contribution in [3.8, 4) is 0 Å². The van der Waals surface area contributed by atoms with E-state index in [9.17, 15) is 13.2 Å². The quantitative estimate of drug-likeness (QED) is 0.320. The minimum atomic E-state index is -4.11. The number of hydrogen-bond acceptors (Lipinski definition) is 0. The van der Waals surface area contributed by atoms with Crippen LogP contribution < -0.4 is 0 Å². The van der Waals surface area contributed by atoms with Crippen molar-refractivity contribution in [1.82, 2.24) is 0 Å². The molecule has 0 bridgehead atoms. The summed E-state index contributed by atoms with van der Waals surface area (Å²) in [5, 5.41) is 0. The summed E-state index contributed by atoms with van der Waals surface area (Å²) in [6.07, 6.45) is 7.13. The van der Waals surface area contributed by atoms with E-state index in [0.29, 0.717) is 0 Å². The van der Waals surface area contributed by atoms with Gasteiger partial charge in [0.15, 0.2) is 0 Å². The Morgan fingerprint density at radius 2 is 1.05 bits per heavy atom. The predicted molar refractivity (Wildman–Crippen MR) is 90.1 cm³/mol. The summed E-state index contributed by atoms with van der Waals surface area (Å²) < 4.78 is 39.7. The Morgan fingerprint density at radius 1 is 0.636 bits per heavy atom. The van der Waals surface area contributed by atoms with Crippen molar-refractivity contribution in [3.05, 3.63) is 0 Å². The Kier molecular flexibility index (Phi) is 9.73. The van der Waals surface area contributed by atoms with Gasteiger partial charge in [-0.3, -0.25) is 0 Å². The van der Waals surface area contributed by atoms with Gasteiger partial charge in [0.2, 0.25) is 0 Å². The van der Waals surface area contributed by atoms with Crippen LogP contribution in [0.1, 0.15) is 105 Å². The van der Waals surface area contributed by atoms with E-state index in [1.807, 2.05) is 0 Å². The lowest BCUT2D eigenvalue weighted by Crippen LogP contribution is -2.37. The van der Waals surface area contributed by atoms with Crippen LogP contribution in [0, 0.1) is 10.8 Å². The van der Waals surface area contributed by atoms with Crippen molar-refractivity contribution in [2.24, 2.45) is 10.8 Å². The molecule has 0 aromatic rings. The van der Waals surface area contributed by atoms with Crippen LogP contribution in [-0.2, 0) is 0 Å². The van der Waals surface area contributed by atoms with Crippen LogP contribution in [0.25, 0.3) is 0 Å². The maximum Gasteiger partial charge on any atom is 0.393 e. The van der Waals surface area contributed by atoms with Gasteiger partial charge in [-0.25, -0.2) is 0 Å². The molecule has 22 heavy (non-hydrogen) atoms. The van der Waals surface area contributed by atoms with Crippen LogP contribution in [0.4, 0.5) is 13.2 Å². The average molecular weight is 322 g/mol. The molecule has 0 aliphatic rings. The predicted octanol–water partition coefficient (Wildman–Crippen LogP) is 7.91. The Hall–Kier alpha value is -0.210. The number of hydrogen-bond donors (Lipinski definition) is 0. The second kappa shape index (κ2) is 9.82. The van der Waals surface area contributed by atoms with Crippen molar-refractivity contribution in [3.63, 3.8) is 0 Å². The summed E-state index contributed by atoms with van der Waals surface area (Å²) in [4.78, 5) is 0. The summed E-state index contributed by atoms with van der Waals surface area (Å²) in [6.45, 7) is 9.14. The zero-order valence-corrected chi connectivity index (χ0v) is 15.4. The van der Waals surface area contributed by atoms with E-state index in [-0.39, 0.29) is 11.8 Å². The van der Waals surface area contributed by atoms with Gasteiger partial charge >= 0.3 is 6.18 Å². The van der Waals surface area contributed by atoms with Crippen molar-refractivity contribution in [1.29, 1.82) is 0 Å². The van der Waals surface area contributed by atoms with E-state index in [0.717, 1.165) is 38.5 Å². The van der Waals surface area contributed by atoms with Gasteiger partial charge in [0.05, 0.1) is 5.41 Å². The van der Waals surface area contributed by atoms with Gasteiger partial charge in [0.1, 0.15) is 0 Å². The molecule has 0 N–H and O–H groups in total. The van der Waals surface area contributed by atoms with Crippen LogP contribution >= 0.6 is 0 Å². The highest BCUT2D eigenvalue weighted by molar-refractivity contribution is 4.87. The second-order valence-corrected chi connectivity index (χ2v) is 7.99. The molecule has 0 spiro atoms. The summed E-state index contributed by atoms with van der Waals surface area (Å²) in [5.74, 6) is 0. The fourth-order valence-electron chi connectivity index (χ4n) is 3.43. The van der Waals surface area contributed by atoms with Gasteiger partial charge in [0.25, 0.3) is 0 Å². The topological polar surface area (TPSA) is 0 Å². The lowest BCUT2D eigenvalue weighted by molar-refractivity contribution is -0.222. The molecule has 0 aliphatic heterocycles. The van der Waals surface area contributed by atoms with Crippen molar-refractivity contribution < 1.29 is 13.2 Å². The van der Waals surface area contributed by atoms with E-state index in [1.165, 1.54) is 39.5 Å². The van der Waals surface area contributed by atoms with Gasteiger partial charge in [-0.15, -0.1) is 0 Å². The molecule has 0 rings (SSSR count). The van der Waals surface area contributed by atoms with Crippen LogP contribution in [0.15, 0.2) is 0 Å². The highest BCUT2D eigenvalue weighted by Gasteiger charge is 2.50. The van der Waals surface area contributed by atoms with Gasteiger partial charge in [-0.2, -0.15) is 13.2 Å². The molecule has 0 radical (unpaired) electrons. The molecule has 0 aliphatic carbocycles. The lowest BCUT2D eigenvalue weighted by Gasteiger charge is -2.39. The second-order valence-electron chi connectivity index (χ2n) is 7.99. The van der Waals surface area contributed by atoms with E-state index in [4.69, 9.17) is 0 Å². The molecule has 0 heterocycles. The van der Waals surface area contributed by atoms with Crippen LogP contribution in [-0.4, -0.2) is 6.18 Å². The minimum Gasteiger partial charge on any atom is -0.171 e. The Morgan fingerprint density at radius 3 is 1.36 bits per heavy atom. The van der Waals surface area contributed by atoms with E-state index in [1.54, 1.807) is 0 Å². The molecule has 134 valence electrons. The summed E-state index contributed by atoms with van der Waals surface area (Å²) in [6, 6.07) is 0. The smallest absolute Gasteiger partial charge is 0.171 e. The van der Waals surface area contributed by atoms with Gasteiger partial charge in [-0.05, 0) is 24.7 Å². The maximum atomic E-state index is 13.2. The molecule has 0 nitrogen and oxygen atoms in total. The first kappa shape index (κ1) is 21.8. The fourth-order valence-corrected chi connectivity index (χ4v) is 3.43. The van der Waals surface area contributed by atoms with E-state index in [2.05, 4.69) is 20.8 Å². The number of halogens is 3. The Bertz CT molecular complexity index is 267. The standard InChI is InChI=1S/C19H37F3/c1-6-8-10-12-14-18(5,15-13-11-9-7-2)16-17(3,4)19(20,21)22/h6-16H2,1-5H3. The zero-order valence-electron chi connectivity index (χ0n) is 15.4. The largest absolute Gasteiger partial charge is 0.393 e. The molecule has 0 amide bonds. The van der Waals surface area contributed by atoms with Crippen LogP contribution in [0.5, 0.6) is 0 Å². The molecular formula is C19H37F3. The van der Waals surface area contributed by atoms with Crippen molar-refractivity contribution >= 4 is 0 Å². The molecule has 0 fully saturated rings. The molecular weight excluding hydrogens is 285 g/mol. The number of alkyl halides is 3. The molecule has 0 atom stereocenters.